The summed E-state index contributed by atoms with van der Waals surface area (Å²) in [6.07, 6.45) is 2.68. The van der Waals surface area contributed by atoms with E-state index < -0.39 is 0 Å². The van der Waals surface area contributed by atoms with E-state index >= 15 is 0 Å². The molecule has 2 amide bonds. The lowest BCUT2D eigenvalue weighted by Gasteiger charge is -2.39. The van der Waals surface area contributed by atoms with Crippen LogP contribution >= 0.6 is 0 Å². The van der Waals surface area contributed by atoms with E-state index in [1.165, 1.54) is 0 Å². The average Bonchev–Trinajstić information content (AvgIpc) is 3.13. The van der Waals surface area contributed by atoms with Gasteiger partial charge in [0.15, 0.2) is 0 Å². The van der Waals surface area contributed by atoms with Crippen molar-refractivity contribution in [1.82, 2.24) is 19.6 Å². The second-order valence-electron chi connectivity index (χ2n) is 8.27. The number of hydrogen-bond donors (Lipinski definition) is 0. The van der Waals surface area contributed by atoms with Crippen molar-refractivity contribution in [2.24, 2.45) is 13.0 Å². The first-order chi connectivity index (χ1) is 15.0. The van der Waals surface area contributed by atoms with E-state index in [1.807, 2.05) is 54.1 Å². The Morgan fingerprint density at radius 2 is 1.87 bits per heavy atom. The van der Waals surface area contributed by atoms with E-state index in [0.717, 1.165) is 11.4 Å². The molecule has 31 heavy (non-hydrogen) atoms. The predicted molar refractivity (Wildman–Crippen MR) is 115 cm³/mol. The van der Waals surface area contributed by atoms with Crippen LogP contribution < -0.4 is 4.74 Å². The molecule has 0 bridgehead atoms. The lowest BCUT2D eigenvalue weighted by atomic mass is 9.90. The van der Waals surface area contributed by atoms with Crippen LogP contribution in [0.3, 0.4) is 0 Å². The highest BCUT2D eigenvalue weighted by Gasteiger charge is 2.36. The fourth-order valence-electron chi connectivity index (χ4n) is 4.37. The van der Waals surface area contributed by atoms with Crippen molar-refractivity contribution < 1.29 is 19.1 Å². The van der Waals surface area contributed by atoms with Gasteiger partial charge in [-0.3, -0.25) is 14.3 Å². The summed E-state index contributed by atoms with van der Waals surface area (Å²) in [5.41, 5.74) is 1.33. The third kappa shape index (κ3) is 5.07. The van der Waals surface area contributed by atoms with Crippen molar-refractivity contribution in [1.29, 1.82) is 0 Å². The number of carbonyl (C=O) groups excluding carboxylic acids is 2. The van der Waals surface area contributed by atoms with Crippen molar-refractivity contribution in [3.63, 3.8) is 0 Å². The topological polar surface area (TPSA) is 76.9 Å². The highest BCUT2D eigenvalue weighted by atomic mass is 16.5. The summed E-state index contributed by atoms with van der Waals surface area (Å²) in [5.74, 6) is 0.777. The number of piperidine rings is 1. The van der Waals surface area contributed by atoms with Gasteiger partial charge in [-0.05, 0) is 19.1 Å². The van der Waals surface area contributed by atoms with Crippen molar-refractivity contribution in [3.8, 4) is 5.75 Å². The van der Waals surface area contributed by atoms with Gasteiger partial charge in [0.25, 0.3) is 5.91 Å². The molecular formula is C23H30N4O4. The van der Waals surface area contributed by atoms with Gasteiger partial charge >= 0.3 is 0 Å². The van der Waals surface area contributed by atoms with Crippen molar-refractivity contribution >= 4 is 11.8 Å². The third-order valence-electron chi connectivity index (χ3n) is 6.03. The second kappa shape index (κ2) is 9.51. The molecule has 2 aromatic rings. The zero-order valence-corrected chi connectivity index (χ0v) is 18.2. The second-order valence-corrected chi connectivity index (χ2v) is 8.27. The van der Waals surface area contributed by atoms with Gasteiger partial charge in [-0.2, -0.15) is 5.10 Å². The molecule has 2 saturated heterocycles. The highest BCUT2D eigenvalue weighted by Crippen LogP contribution is 2.27. The molecule has 0 spiro atoms. The highest BCUT2D eigenvalue weighted by molar-refractivity contribution is 5.95. The van der Waals surface area contributed by atoms with Crippen LogP contribution in [0.4, 0.5) is 0 Å². The Hall–Kier alpha value is -2.87. The Balaban J connectivity index is 1.49. The van der Waals surface area contributed by atoms with E-state index in [0.29, 0.717) is 57.8 Å². The monoisotopic (exact) mass is 426 g/mol. The molecular weight excluding hydrogens is 396 g/mol. The molecule has 3 heterocycles. The zero-order valence-electron chi connectivity index (χ0n) is 18.2. The Kier molecular flexibility index (Phi) is 6.56. The maximum atomic E-state index is 13.2. The molecule has 166 valence electrons. The first-order valence-electron chi connectivity index (χ1n) is 10.9. The number of benzene rings is 1. The fraction of sp³-hybridized carbons (Fsp3) is 0.522. The minimum atomic E-state index is -0.119. The molecule has 8 nitrogen and oxygen atoms in total. The first-order valence-corrected chi connectivity index (χ1v) is 10.9. The summed E-state index contributed by atoms with van der Waals surface area (Å²) >= 11 is 0. The molecule has 0 aliphatic carbocycles. The van der Waals surface area contributed by atoms with E-state index in [-0.39, 0.29) is 23.8 Å². The maximum Gasteiger partial charge on any atom is 0.257 e. The number of hydrogen-bond acceptors (Lipinski definition) is 5. The number of aryl methyl sites for hydroxylation is 2. The van der Waals surface area contributed by atoms with Gasteiger partial charge in [-0.1, -0.05) is 18.2 Å². The van der Waals surface area contributed by atoms with Crippen LogP contribution in [0.1, 0.15) is 28.9 Å². The number of nitrogens with zero attached hydrogens (tertiary/aromatic N) is 4. The standard InChI is InChI=1S/C23H30N4O4/c1-17-20(16-25(2)24-17)23(29)27-9-8-21(31-19-6-4-3-5-7-19)18(15-27)14-22(28)26-10-12-30-13-11-26/h3-7,16,18,21H,8-15H2,1-2H3/t18-,21-/m0/s1. The number of para-hydroxylation sites is 1. The minimum absolute atomic E-state index is 0.0346. The van der Waals surface area contributed by atoms with Crippen LogP contribution in [0.2, 0.25) is 0 Å². The lowest BCUT2D eigenvalue weighted by Crippen LogP contribution is -2.50. The first kappa shape index (κ1) is 21.4. The van der Waals surface area contributed by atoms with Crippen LogP contribution in [0.15, 0.2) is 36.5 Å². The molecule has 0 saturated carbocycles. The molecule has 0 unspecified atom stereocenters. The summed E-state index contributed by atoms with van der Waals surface area (Å²) < 4.78 is 13.3. The molecule has 2 atom stereocenters. The van der Waals surface area contributed by atoms with Gasteiger partial charge in [0, 0.05) is 58.2 Å². The number of aromatic nitrogens is 2. The molecule has 1 aromatic carbocycles. The number of rotatable bonds is 5. The smallest absolute Gasteiger partial charge is 0.257 e. The molecule has 2 aliphatic heterocycles. The zero-order chi connectivity index (χ0) is 21.8. The van der Waals surface area contributed by atoms with Crippen LogP contribution in [0, 0.1) is 12.8 Å². The molecule has 1 aromatic heterocycles. The lowest BCUT2D eigenvalue weighted by molar-refractivity contribution is -0.137. The van der Waals surface area contributed by atoms with Crippen LogP contribution in [0.5, 0.6) is 5.75 Å². The van der Waals surface area contributed by atoms with Crippen LogP contribution in [0.25, 0.3) is 0 Å². The maximum absolute atomic E-state index is 13.2. The Morgan fingerprint density at radius 3 is 2.55 bits per heavy atom. The molecule has 4 rings (SSSR count). The molecule has 2 aliphatic rings. The third-order valence-corrected chi connectivity index (χ3v) is 6.03. The van der Waals surface area contributed by atoms with Gasteiger partial charge in [0.2, 0.25) is 5.91 Å². The van der Waals surface area contributed by atoms with Gasteiger partial charge < -0.3 is 19.3 Å². The van der Waals surface area contributed by atoms with Gasteiger partial charge in [-0.25, -0.2) is 0 Å². The van der Waals surface area contributed by atoms with Gasteiger partial charge in [-0.15, -0.1) is 0 Å². The Morgan fingerprint density at radius 1 is 1.13 bits per heavy atom. The summed E-state index contributed by atoms with van der Waals surface area (Å²) in [6.45, 7) is 5.31. The largest absolute Gasteiger partial charge is 0.490 e. The molecule has 0 N–H and O–H groups in total. The normalized spacial score (nSPS) is 21.7. The number of morpholine rings is 1. The van der Waals surface area contributed by atoms with E-state index in [9.17, 15) is 9.59 Å². The number of carbonyl (C=O) groups is 2. The summed E-state index contributed by atoms with van der Waals surface area (Å²) in [6, 6.07) is 9.68. The van der Waals surface area contributed by atoms with E-state index in [4.69, 9.17) is 9.47 Å². The predicted octanol–water partition coefficient (Wildman–Crippen LogP) is 1.89. The summed E-state index contributed by atoms with van der Waals surface area (Å²) in [7, 11) is 1.81. The number of likely N-dealkylation sites (tertiary alicyclic amines) is 1. The average molecular weight is 427 g/mol. The summed E-state index contributed by atoms with van der Waals surface area (Å²) in [4.78, 5) is 29.8. The SMILES string of the molecule is Cc1nn(C)cc1C(=O)N1CC[C@H](Oc2ccccc2)[C@@H](CC(=O)N2CCOCC2)C1. The number of amides is 2. The number of ether oxygens (including phenoxy) is 2. The van der Waals surface area contributed by atoms with Gasteiger partial charge in [0.1, 0.15) is 11.9 Å². The molecule has 0 radical (unpaired) electrons. The van der Waals surface area contributed by atoms with Crippen molar-refractivity contribution in [3.05, 3.63) is 47.8 Å². The molecule has 2 fully saturated rings. The fourth-order valence-corrected chi connectivity index (χ4v) is 4.37. The van der Waals surface area contributed by atoms with Crippen molar-refractivity contribution in [2.45, 2.75) is 25.9 Å². The Bertz CT molecular complexity index is 908. The summed E-state index contributed by atoms with van der Waals surface area (Å²) in [5, 5.41) is 4.30. The van der Waals surface area contributed by atoms with Gasteiger partial charge in [0.05, 0.1) is 24.5 Å². The minimum Gasteiger partial charge on any atom is -0.490 e. The molecule has 8 heteroatoms. The van der Waals surface area contributed by atoms with E-state index in [2.05, 4.69) is 5.10 Å². The van der Waals surface area contributed by atoms with Crippen LogP contribution in [-0.4, -0.2) is 76.9 Å². The van der Waals surface area contributed by atoms with E-state index in [1.54, 1.807) is 10.9 Å². The quantitative estimate of drug-likeness (QED) is 0.730. The Labute approximate surface area is 182 Å². The van der Waals surface area contributed by atoms with Crippen LogP contribution in [-0.2, 0) is 16.6 Å². The van der Waals surface area contributed by atoms with Crippen molar-refractivity contribution in [2.75, 3.05) is 39.4 Å².